The van der Waals surface area contributed by atoms with Gasteiger partial charge in [0.05, 0.1) is 6.61 Å². The predicted molar refractivity (Wildman–Crippen MR) is 69.5 cm³/mol. The highest BCUT2D eigenvalue weighted by molar-refractivity contribution is 5.01. The van der Waals surface area contributed by atoms with Crippen molar-refractivity contribution in [3.8, 4) is 0 Å². The Kier molecular flexibility index (Phi) is 4.81. The molecule has 0 aromatic carbocycles. The van der Waals surface area contributed by atoms with E-state index in [2.05, 4.69) is 33.0 Å². The average molecular weight is 227 g/mol. The summed E-state index contributed by atoms with van der Waals surface area (Å²) in [6, 6.07) is 0. The molecule has 2 atom stereocenters. The van der Waals surface area contributed by atoms with Crippen LogP contribution in [0.3, 0.4) is 0 Å². The van der Waals surface area contributed by atoms with Crippen molar-refractivity contribution in [3.05, 3.63) is 0 Å². The van der Waals surface area contributed by atoms with E-state index in [1.165, 1.54) is 19.3 Å². The van der Waals surface area contributed by atoms with Crippen molar-refractivity contribution in [3.63, 3.8) is 0 Å². The van der Waals surface area contributed by atoms with Gasteiger partial charge in [-0.1, -0.05) is 40.5 Å². The van der Waals surface area contributed by atoms with Crippen molar-refractivity contribution in [1.29, 1.82) is 0 Å². The van der Waals surface area contributed by atoms with Gasteiger partial charge in [-0.25, -0.2) is 0 Å². The van der Waals surface area contributed by atoms with Gasteiger partial charge in [-0.15, -0.1) is 0 Å². The molecule has 96 valence electrons. The summed E-state index contributed by atoms with van der Waals surface area (Å²) in [4.78, 5) is 0. The van der Waals surface area contributed by atoms with E-state index < -0.39 is 0 Å². The van der Waals surface area contributed by atoms with Gasteiger partial charge in [0.1, 0.15) is 0 Å². The van der Waals surface area contributed by atoms with Gasteiger partial charge in [0.25, 0.3) is 0 Å². The Bertz CT molecular complexity index is 209. The fraction of sp³-hybridized carbons (Fsp3) is 1.00. The van der Waals surface area contributed by atoms with Crippen molar-refractivity contribution in [1.82, 2.24) is 5.32 Å². The number of aliphatic hydroxyl groups is 1. The third-order valence-corrected chi connectivity index (χ3v) is 4.09. The first-order valence-corrected chi connectivity index (χ1v) is 6.82. The van der Waals surface area contributed by atoms with E-state index in [9.17, 15) is 5.11 Å². The minimum absolute atomic E-state index is 0.0213. The highest BCUT2D eigenvalue weighted by Gasteiger charge is 2.45. The van der Waals surface area contributed by atoms with Crippen LogP contribution in [-0.2, 0) is 0 Å². The summed E-state index contributed by atoms with van der Waals surface area (Å²) >= 11 is 0. The second-order valence-corrected chi connectivity index (χ2v) is 6.41. The van der Waals surface area contributed by atoms with Crippen molar-refractivity contribution >= 4 is 0 Å². The van der Waals surface area contributed by atoms with Gasteiger partial charge in [-0.05, 0) is 37.1 Å². The second-order valence-electron chi connectivity index (χ2n) is 6.41. The molecule has 1 aliphatic rings. The zero-order valence-electron chi connectivity index (χ0n) is 11.5. The maximum Gasteiger partial charge on any atom is 0.0616 e. The molecule has 0 aliphatic heterocycles. The first-order chi connectivity index (χ1) is 7.46. The van der Waals surface area contributed by atoms with Crippen molar-refractivity contribution < 1.29 is 5.11 Å². The molecule has 0 aromatic rings. The largest absolute Gasteiger partial charge is 0.394 e. The van der Waals surface area contributed by atoms with Gasteiger partial charge in [0, 0.05) is 5.54 Å². The fourth-order valence-corrected chi connectivity index (χ4v) is 3.33. The van der Waals surface area contributed by atoms with Crippen LogP contribution in [0.1, 0.15) is 59.8 Å². The Morgan fingerprint density at radius 1 is 1.31 bits per heavy atom. The Hall–Kier alpha value is -0.0800. The molecule has 2 unspecified atom stereocenters. The lowest BCUT2D eigenvalue weighted by Gasteiger charge is -2.50. The number of nitrogens with one attached hydrogen (secondary N) is 1. The lowest BCUT2D eigenvalue weighted by atomic mass is 9.62. The molecule has 0 bridgehead atoms. The monoisotopic (exact) mass is 227 g/mol. The van der Waals surface area contributed by atoms with Crippen LogP contribution >= 0.6 is 0 Å². The number of hydrogen-bond acceptors (Lipinski definition) is 2. The Labute approximate surface area is 101 Å². The van der Waals surface area contributed by atoms with E-state index in [4.69, 9.17) is 0 Å². The summed E-state index contributed by atoms with van der Waals surface area (Å²) < 4.78 is 0. The van der Waals surface area contributed by atoms with Crippen LogP contribution in [0, 0.1) is 11.3 Å². The van der Waals surface area contributed by atoms with E-state index in [1.54, 1.807) is 0 Å². The van der Waals surface area contributed by atoms with Gasteiger partial charge >= 0.3 is 0 Å². The van der Waals surface area contributed by atoms with E-state index in [-0.39, 0.29) is 17.6 Å². The zero-order valence-corrected chi connectivity index (χ0v) is 11.5. The zero-order chi connectivity index (χ0) is 12.2. The molecule has 0 heterocycles. The van der Waals surface area contributed by atoms with Crippen LogP contribution in [0.2, 0.25) is 0 Å². The molecule has 1 fully saturated rings. The molecule has 1 rings (SSSR count). The number of rotatable bonds is 4. The molecule has 2 heteroatoms. The highest BCUT2D eigenvalue weighted by Crippen LogP contribution is 2.44. The lowest BCUT2D eigenvalue weighted by Crippen LogP contribution is -2.59. The summed E-state index contributed by atoms with van der Waals surface area (Å²) in [6.45, 7) is 10.4. The molecular weight excluding hydrogens is 198 g/mol. The Balaban J connectivity index is 2.83. The third-order valence-electron chi connectivity index (χ3n) is 4.09. The summed E-state index contributed by atoms with van der Waals surface area (Å²) in [6.07, 6.45) is 6.09. The van der Waals surface area contributed by atoms with E-state index in [0.717, 1.165) is 19.4 Å². The minimum atomic E-state index is -0.0213. The molecule has 0 spiro atoms. The number of hydrogen-bond donors (Lipinski definition) is 2. The van der Waals surface area contributed by atoms with E-state index in [0.29, 0.717) is 5.92 Å². The highest BCUT2D eigenvalue weighted by atomic mass is 16.3. The van der Waals surface area contributed by atoms with E-state index in [1.807, 2.05) is 0 Å². The maximum absolute atomic E-state index is 9.84. The summed E-state index contributed by atoms with van der Waals surface area (Å²) in [7, 11) is 0. The Morgan fingerprint density at radius 3 is 2.50 bits per heavy atom. The van der Waals surface area contributed by atoms with Gasteiger partial charge in [-0.2, -0.15) is 0 Å². The quantitative estimate of drug-likeness (QED) is 0.774. The second kappa shape index (κ2) is 5.50. The molecule has 0 amide bonds. The third kappa shape index (κ3) is 2.98. The first-order valence-electron chi connectivity index (χ1n) is 6.82. The summed E-state index contributed by atoms with van der Waals surface area (Å²) in [5.74, 6) is 0.588. The minimum Gasteiger partial charge on any atom is -0.394 e. The molecule has 0 saturated heterocycles. The SMILES string of the molecule is CCCNC1(CO)CCCCC1C(C)(C)C. The molecule has 1 saturated carbocycles. The maximum atomic E-state index is 9.84. The number of aliphatic hydroxyl groups excluding tert-OH is 1. The topological polar surface area (TPSA) is 32.3 Å². The van der Waals surface area contributed by atoms with Crippen LogP contribution in [0.5, 0.6) is 0 Å². The standard InChI is InChI=1S/C14H29NO/c1-5-10-15-14(11-16)9-7-6-8-12(14)13(2,3)4/h12,15-16H,5-11H2,1-4H3. The molecule has 2 N–H and O–H groups in total. The van der Waals surface area contributed by atoms with E-state index >= 15 is 0 Å². The molecule has 1 aliphatic carbocycles. The van der Waals surface area contributed by atoms with Crippen LogP contribution < -0.4 is 5.32 Å². The van der Waals surface area contributed by atoms with Gasteiger partial charge < -0.3 is 10.4 Å². The van der Waals surface area contributed by atoms with Crippen LogP contribution in [0.15, 0.2) is 0 Å². The fourth-order valence-electron chi connectivity index (χ4n) is 3.33. The molecular formula is C14H29NO. The van der Waals surface area contributed by atoms with Gasteiger partial charge in [0.15, 0.2) is 0 Å². The summed E-state index contributed by atoms with van der Waals surface area (Å²) in [5, 5.41) is 13.5. The van der Waals surface area contributed by atoms with Gasteiger partial charge in [-0.3, -0.25) is 0 Å². The smallest absolute Gasteiger partial charge is 0.0616 e. The molecule has 16 heavy (non-hydrogen) atoms. The van der Waals surface area contributed by atoms with Crippen LogP contribution in [0.4, 0.5) is 0 Å². The van der Waals surface area contributed by atoms with Crippen molar-refractivity contribution in [2.24, 2.45) is 11.3 Å². The van der Waals surface area contributed by atoms with Crippen molar-refractivity contribution in [2.75, 3.05) is 13.2 Å². The first kappa shape index (κ1) is 14.0. The normalized spacial score (nSPS) is 31.7. The van der Waals surface area contributed by atoms with Crippen LogP contribution in [-0.4, -0.2) is 23.8 Å². The van der Waals surface area contributed by atoms with Gasteiger partial charge in [0.2, 0.25) is 0 Å². The molecule has 0 aromatic heterocycles. The predicted octanol–water partition coefficient (Wildman–Crippen LogP) is 2.95. The Morgan fingerprint density at radius 2 is 2.00 bits per heavy atom. The van der Waals surface area contributed by atoms with Crippen molar-refractivity contribution in [2.45, 2.75) is 65.3 Å². The average Bonchev–Trinajstić information content (AvgIpc) is 2.25. The summed E-state index contributed by atoms with van der Waals surface area (Å²) in [5.41, 5.74) is 0.260. The lowest BCUT2D eigenvalue weighted by molar-refractivity contribution is 0.00803. The molecule has 2 nitrogen and oxygen atoms in total. The molecule has 0 radical (unpaired) electrons. The van der Waals surface area contributed by atoms with Crippen LogP contribution in [0.25, 0.3) is 0 Å².